The fourth-order valence-electron chi connectivity index (χ4n) is 3.74. The second kappa shape index (κ2) is 5.62. The molecule has 3 heteroatoms. The number of alkyl halides is 1. The van der Waals surface area contributed by atoms with Crippen LogP contribution in [0.4, 0.5) is 0 Å². The van der Waals surface area contributed by atoms with Crippen LogP contribution in [0.1, 0.15) is 47.2 Å². The van der Waals surface area contributed by atoms with Crippen LogP contribution in [0.25, 0.3) is 0 Å². The summed E-state index contributed by atoms with van der Waals surface area (Å²) in [6, 6.07) is 4.31. The molecule has 0 bridgehead atoms. The van der Waals surface area contributed by atoms with Crippen molar-refractivity contribution in [2.24, 2.45) is 0 Å². The first-order valence-electron chi connectivity index (χ1n) is 6.61. The van der Waals surface area contributed by atoms with Crippen LogP contribution in [-0.2, 0) is 5.88 Å². The maximum Gasteiger partial charge on any atom is 0.169 e. The Hall–Kier alpha value is -0.213. The van der Waals surface area contributed by atoms with Crippen molar-refractivity contribution in [2.75, 3.05) is 0 Å². The Balaban J connectivity index is 3.42. The summed E-state index contributed by atoms with van der Waals surface area (Å²) in [7, 11) is -1.58. The fourth-order valence-corrected chi connectivity index (χ4v) is 10.7. The molecule has 0 saturated heterocycles. The van der Waals surface area contributed by atoms with Crippen LogP contribution in [0.15, 0.2) is 18.3 Å². The van der Waals surface area contributed by atoms with E-state index in [4.69, 9.17) is 11.6 Å². The molecule has 0 atom stereocenters. The standard InChI is InChI=1S/C14H26ClNSi/c1-11(2)17(12(3)4,13(5)6)16-9-7-8-14(16)10-15/h7-9,11-13H,10H2,1-6H3. The third-order valence-corrected chi connectivity index (χ3v) is 11.3. The Morgan fingerprint density at radius 2 is 1.53 bits per heavy atom. The molecule has 0 radical (unpaired) electrons. The summed E-state index contributed by atoms with van der Waals surface area (Å²) in [5.74, 6) is 0.619. The van der Waals surface area contributed by atoms with Gasteiger partial charge in [-0.2, -0.15) is 0 Å². The van der Waals surface area contributed by atoms with Gasteiger partial charge >= 0.3 is 0 Å². The third-order valence-electron chi connectivity index (χ3n) is 4.16. The number of aromatic nitrogens is 1. The van der Waals surface area contributed by atoms with Crippen LogP contribution in [0.5, 0.6) is 0 Å². The zero-order valence-electron chi connectivity index (χ0n) is 12.0. The molecule has 0 saturated carbocycles. The summed E-state index contributed by atoms with van der Waals surface area (Å²) < 4.78 is 2.56. The summed E-state index contributed by atoms with van der Waals surface area (Å²) in [6.45, 7) is 14.3. The first-order chi connectivity index (χ1) is 7.88. The minimum absolute atomic E-state index is 0.619. The second-order valence-corrected chi connectivity index (χ2v) is 11.8. The third kappa shape index (κ3) is 2.34. The molecule has 0 aliphatic carbocycles. The highest BCUT2D eigenvalue weighted by atomic mass is 35.5. The summed E-state index contributed by atoms with van der Waals surface area (Å²) in [4.78, 5) is 0. The minimum Gasteiger partial charge on any atom is -0.376 e. The lowest BCUT2D eigenvalue weighted by molar-refractivity contribution is 0.756. The molecule has 0 fully saturated rings. The summed E-state index contributed by atoms with van der Waals surface area (Å²) >= 11 is 6.09. The Morgan fingerprint density at radius 1 is 1.06 bits per heavy atom. The maximum absolute atomic E-state index is 6.09. The monoisotopic (exact) mass is 271 g/mol. The van der Waals surface area contributed by atoms with Crippen molar-refractivity contribution in [1.82, 2.24) is 4.23 Å². The SMILES string of the molecule is CC(C)[Si](C(C)C)(C(C)C)n1cccc1CCl. The van der Waals surface area contributed by atoms with Gasteiger partial charge in [0.2, 0.25) is 0 Å². The smallest absolute Gasteiger partial charge is 0.169 e. The number of hydrogen-bond donors (Lipinski definition) is 0. The van der Waals surface area contributed by atoms with Gasteiger partial charge in [-0.25, -0.2) is 0 Å². The van der Waals surface area contributed by atoms with Gasteiger partial charge < -0.3 is 4.23 Å². The van der Waals surface area contributed by atoms with Gasteiger partial charge in [-0.15, -0.1) is 11.6 Å². The zero-order valence-corrected chi connectivity index (χ0v) is 13.8. The van der Waals surface area contributed by atoms with Crippen LogP contribution in [0, 0.1) is 0 Å². The summed E-state index contributed by atoms with van der Waals surface area (Å²) in [6.07, 6.45) is 2.25. The average Bonchev–Trinajstić information content (AvgIpc) is 2.65. The van der Waals surface area contributed by atoms with Gasteiger partial charge in [0.1, 0.15) is 0 Å². The predicted octanol–water partition coefficient (Wildman–Crippen LogP) is 5.25. The lowest BCUT2D eigenvalue weighted by Crippen LogP contribution is -2.52. The largest absolute Gasteiger partial charge is 0.376 e. The molecule has 0 aliphatic heterocycles. The van der Waals surface area contributed by atoms with E-state index < -0.39 is 8.24 Å². The molecule has 0 unspecified atom stereocenters. The minimum atomic E-state index is -1.58. The highest BCUT2D eigenvalue weighted by Gasteiger charge is 2.45. The molecule has 0 aliphatic rings. The van der Waals surface area contributed by atoms with E-state index in [2.05, 4.69) is 64.1 Å². The van der Waals surface area contributed by atoms with Crippen LogP contribution in [0.2, 0.25) is 16.6 Å². The van der Waals surface area contributed by atoms with Crippen LogP contribution < -0.4 is 0 Å². The molecule has 1 aromatic heterocycles. The molecule has 1 aromatic rings. The molecule has 1 nitrogen and oxygen atoms in total. The summed E-state index contributed by atoms with van der Waals surface area (Å²) in [5, 5.41) is 0. The average molecular weight is 272 g/mol. The van der Waals surface area contributed by atoms with E-state index in [1.165, 1.54) is 5.69 Å². The Morgan fingerprint density at radius 3 is 1.88 bits per heavy atom. The van der Waals surface area contributed by atoms with Crippen molar-refractivity contribution in [3.05, 3.63) is 24.0 Å². The van der Waals surface area contributed by atoms with E-state index in [1.807, 2.05) is 0 Å². The second-order valence-electron chi connectivity index (χ2n) is 5.85. The van der Waals surface area contributed by atoms with Crippen molar-refractivity contribution in [3.8, 4) is 0 Å². The first kappa shape index (κ1) is 14.8. The lowest BCUT2D eigenvalue weighted by Gasteiger charge is -2.45. The molecule has 0 N–H and O–H groups in total. The van der Waals surface area contributed by atoms with Gasteiger partial charge in [-0.05, 0) is 35.0 Å². The van der Waals surface area contributed by atoms with Crippen LogP contribution in [-0.4, -0.2) is 12.5 Å². The molecule has 1 rings (SSSR count). The molecule has 0 spiro atoms. The first-order valence-corrected chi connectivity index (χ1v) is 9.33. The maximum atomic E-state index is 6.09. The number of nitrogens with zero attached hydrogens (tertiary/aromatic N) is 1. The van der Waals surface area contributed by atoms with Gasteiger partial charge in [0, 0.05) is 5.69 Å². The van der Waals surface area contributed by atoms with Gasteiger partial charge in [-0.3, -0.25) is 0 Å². The van der Waals surface area contributed by atoms with Gasteiger partial charge in [0.15, 0.2) is 8.24 Å². The predicted molar refractivity (Wildman–Crippen MR) is 80.4 cm³/mol. The van der Waals surface area contributed by atoms with Gasteiger partial charge in [0.25, 0.3) is 0 Å². The van der Waals surface area contributed by atoms with Crippen molar-refractivity contribution in [1.29, 1.82) is 0 Å². The normalized spacial score (nSPS) is 13.1. The van der Waals surface area contributed by atoms with E-state index in [0.29, 0.717) is 5.88 Å². The fraction of sp³-hybridized carbons (Fsp3) is 0.714. The molecule has 1 heterocycles. The Bertz CT molecular complexity index is 333. The van der Waals surface area contributed by atoms with Crippen molar-refractivity contribution >= 4 is 19.8 Å². The number of hydrogen-bond acceptors (Lipinski definition) is 0. The number of rotatable bonds is 5. The highest BCUT2D eigenvalue weighted by Crippen LogP contribution is 2.43. The quantitative estimate of drug-likeness (QED) is 0.509. The number of halogens is 1. The molecular formula is C14H26ClNSi. The molecular weight excluding hydrogens is 246 g/mol. The van der Waals surface area contributed by atoms with Gasteiger partial charge in [0.05, 0.1) is 5.88 Å². The van der Waals surface area contributed by atoms with Gasteiger partial charge in [-0.1, -0.05) is 41.5 Å². The van der Waals surface area contributed by atoms with E-state index in [1.54, 1.807) is 0 Å². The van der Waals surface area contributed by atoms with E-state index >= 15 is 0 Å². The topological polar surface area (TPSA) is 4.93 Å². The molecule has 17 heavy (non-hydrogen) atoms. The Labute approximate surface area is 112 Å². The summed E-state index contributed by atoms with van der Waals surface area (Å²) in [5.41, 5.74) is 3.44. The van der Waals surface area contributed by atoms with Crippen LogP contribution in [0.3, 0.4) is 0 Å². The Kier molecular flexibility index (Phi) is 4.91. The highest BCUT2D eigenvalue weighted by molar-refractivity contribution is 6.82. The van der Waals surface area contributed by atoms with Crippen molar-refractivity contribution in [2.45, 2.75) is 64.0 Å². The zero-order chi connectivity index (χ0) is 13.2. The molecule has 98 valence electrons. The van der Waals surface area contributed by atoms with E-state index in [9.17, 15) is 0 Å². The molecule has 0 amide bonds. The van der Waals surface area contributed by atoms with Crippen molar-refractivity contribution < 1.29 is 0 Å². The van der Waals surface area contributed by atoms with Crippen molar-refractivity contribution in [3.63, 3.8) is 0 Å². The van der Waals surface area contributed by atoms with E-state index in [0.717, 1.165) is 16.6 Å². The van der Waals surface area contributed by atoms with Crippen LogP contribution >= 0.6 is 11.6 Å². The van der Waals surface area contributed by atoms with E-state index in [-0.39, 0.29) is 0 Å². The molecule has 0 aromatic carbocycles. The lowest BCUT2D eigenvalue weighted by atomic mass is 10.5.